The van der Waals surface area contributed by atoms with Crippen molar-refractivity contribution in [2.75, 3.05) is 6.61 Å². The fraction of sp³-hybridized carbons (Fsp3) is 0.571. The number of rotatable bonds is 3. The Morgan fingerprint density at radius 1 is 1.53 bits per heavy atom. The highest BCUT2D eigenvalue weighted by atomic mass is 35.5. The smallest absolute Gasteiger partial charge is 0.160 e. The number of hydrogen-bond acceptors (Lipinski definition) is 3. The molecule has 102 valence electrons. The zero-order valence-electron chi connectivity index (χ0n) is 11.3. The van der Waals surface area contributed by atoms with E-state index < -0.39 is 0 Å². The molecule has 1 atom stereocenters. The van der Waals surface area contributed by atoms with E-state index >= 15 is 0 Å². The summed E-state index contributed by atoms with van der Waals surface area (Å²) >= 11 is 6.02. The SMILES string of the molecule is Cc1cnc2c(c1)nc(CCl)n2CC1(C)CCCO1. The van der Waals surface area contributed by atoms with Gasteiger partial charge in [-0.15, -0.1) is 11.6 Å². The Bertz CT molecular complexity index is 602. The first kappa shape index (κ1) is 12.9. The summed E-state index contributed by atoms with van der Waals surface area (Å²) in [6.45, 7) is 5.78. The minimum Gasteiger partial charge on any atom is -0.373 e. The number of aromatic nitrogens is 3. The van der Waals surface area contributed by atoms with E-state index in [1.807, 2.05) is 19.2 Å². The summed E-state index contributed by atoms with van der Waals surface area (Å²) in [4.78, 5) is 9.09. The number of fused-ring (bicyclic) bond motifs is 1. The molecule has 0 aliphatic carbocycles. The molecule has 1 saturated heterocycles. The van der Waals surface area contributed by atoms with Crippen LogP contribution in [0, 0.1) is 6.92 Å². The zero-order valence-corrected chi connectivity index (χ0v) is 12.1. The number of hydrogen-bond donors (Lipinski definition) is 0. The summed E-state index contributed by atoms with van der Waals surface area (Å²) in [5.41, 5.74) is 2.80. The molecule has 4 nitrogen and oxygen atoms in total. The van der Waals surface area contributed by atoms with E-state index in [9.17, 15) is 0 Å². The molecule has 0 N–H and O–H groups in total. The molecule has 5 heteroatoms. The van der Waals surface area contributed by atoms with Crippen LogP contribution in [0.3, 0.4) is 0 Å². The lowest BCUT2D eigenvalue weighted by molar-refractivity contribution is 0.00650. The van der Waals surface area contributed by atoms with Crippen molar-refractivity contribution in [1.29, 1.82) is 0 Å². The Morgan fingerprint density at radius 3 is 3.05 bits per heavy atom. The van der Waals surface area contributed by atoms with Gasteiger partial charge in [0.05, 0.1) is 18.0 Å². The van der Waals surface area contributed by atoms with Gasteiger partial charge in [0.2, 0.25) is 0 Å². The van der Waals surface area contributed by atoms with E-state index in [2.05, 4.69) is 21.5 Å². The second-order valence-corrected chi connectivity index (χ2v) is 5.77. The molecule has 3 heterocycles. The normalized spacial score (nSPS) is 23.3. The van der Waals surface area contributed by atoms with Gasteiger partial charge in [-0.1, -0.05) is 0 Å². The summed E-state index contributed by atoms with van der Waals surface area (Å²) in [6.07, 6.45) is 4.06. The van der Waals surface area contributed by atoms with Crippen molar-refractivity contribution in [1.82, 2.24) is 14.5 Å². The van der Waals surface area contributed by atoms with Crippen LogP contribution in [0.25, 0.3) is 11.2 Å². The summed E-state index contributed by atoms with van der Waals surface area (Å²) in [6, 6.07) is 2.05. The molecule has 1 aliphatic heterocycles. The minimum absolute atomic E-state index is 0.124. The molecule has 3 rings (SSSR count). The predicted octanol–water partition coefficient (Wildman–Crippen LogP) is 3.05. The molecule has 2 aromatic rings. The van der Waals surface area contributed by atoms with Gasteiger partial charge in [-0.05, 0) is 38.3 Å². The van der Waals surface area contributed by atoms with Crippen molar-refractivity contribution >= 4 is 22.8 Å². The van der Waals surface area contributed by atoms with Crippen LogP contribution in [0.5, 0.6) is 0 Å². The molecule has 0 saturated carbocycles. The number of halogens is 1. The number of aryl methyl sites for hydroxylation is 1. The second-order valence-electron chi connectivity index (χ2n) is 5.51. The molecular formula is C14H18ClN3O. The van der Waals surface area contributed by atoms with E-state index in [0.717, 1.165) is 48.5 Å². The summed E-state index contributed by atoms with van der Waals surface area (Å²) in [7, 11) is 0. The van der Waals surface area contributed by atoms with Crippen molar-refractivity contribution in [2.24, 2.45) is 0 Å². The summed E-state index contributed by atoms with van der Waals surface area (Å²) < 4.78 is 7.97. The molecule has 0 bridgehead atoms. The highest BCUT2D eigenvalue weighted by Crippen LogP contribution is 2.29. The first-order valence-electron chi connectivity index (χ1n) is 6.63. The van der Waals surface area contributed by atoms with E-state index in [4.69, 9.17) is 16.3 Å². The lowest BCUT2D eigenvalue weighted by atomic mass is 10.0. The van der Waals surface area contributed by atoms with Gasteiger partial charge < -0.3 is 9.30 Å². The third-order valence-electron chi connectivity index (χ3n) is 3.71. The maximum Gasteiger partial charge on any atom is 0.160 e. The van der Waals surface area contributed by atoms with Crippen LogP contribution >= 0.6 is 11.6 Å². The molecule has 1 aliphatic rings. The van der Waals surface area contributed by atoms with E-state index in [1.54, 1.807) is 0 Å². The molecule has 1 unspecified atom stereocenters. The van der Waals surface area contributed by atoms with Crippen LogP contribution in [0.15, 0.2) is 12.3 Å². The van der Waals surface area contributed by atoms with Gasteiger partial charge >= 0.3 is 0 Å². The Morgan fingerprint density at radius 2 is 2.37 bits per heavy atom. The van der Waals surface area contributed by atoms with Crippen LogP contribution in [-0.2, 0) is 17.2 Å². The third kappa shape index (κ3) is 2.35. The van der Waals surface area contributed by atoms with Gasteiger partial charge in [0, 0.05) is 12.8 Å². The maximum atomic E-state index is 6.02. The first-order valence-corrected chi connectivity index (χ1v) is 7.16. The molecule has 0 amide bonds. The van der Waals surface area contributed by atoms with Crippen LogP contribution in [0.2, 0.25) is 0 Å². The van der Waals surface area contributed by atoms with Crippen molar-refractivity contribution in [2.45, 2.75) is 44.7 Å². The average Bonchev–Trinajstić information content (AvgIpc) is 2.94. The number of pyridine rings is 1. The summed E-state index contributed by atoms with van der Waals surface area (Å²) in [5, 5.41) is 0. The van der Waals surface area contributed by atoms with E-state index in [1.165, 1.54) is 0 Å². The number of ether oxygens (including phenoxy) is 1. The van der Waals surface area contributed by atoms with Crippen molar-refractivity contribution in [3.05, 3.63) is 23.7 Å². The van der Waals surface area contributed by atoms with Crippen LogP contribution in [-0.4, -0.2) is 26.7 Å². The van der Waals surface area contributed by atoms with Gasteiger partial charge in [-0.25, -0.2) is 9.97 Å². The Hall–Kier alpha value is -1.13. The zero-order chi connectivity index (χ0) is 13.5. The van der Waals surface area contributed by atoms with Gasteiger partial charge in [0.1, 0.15) is 11.3 Å². The molecule has 0 aromatic carbocycles. The highest BCUT2D eigenvalue weighted by Gasteiger charge is 2.31. The standard InChI is InChI=1S/C14H18ClN3O/c1-10-6-11-13(16-8-10)18(12(7-15)17-11)9-14(2)4-3-5-19-14/h6,8H,3-5,7,9H2,1-2H3. The number of alkyl halides is 1. The Kier molecular flexibility index (Phi) is 3.23. The topological polar surface area (TPSA) is 39.9 Å². The Labute approximate surface area is 117 Å². The molecule has 0 radical (unpaired) electrons. The largest absolute Gasteiger partial charge is 0.373 e. The highest BCUT2D eigenvalue weighted by molar-refractivity contribution is 6.16. The number of nitrogens with zero attached hydrogens (tertiary/aromatic N) is 3. The number of imidazole rings is 1. The average molecular weight is 280 g/mol. The van der Waals surface area contributed by atoms with Crippen molar-refractivity contribution < 1.29 is 4.74 Å². The van der Waals surface area contributed by atoms with Crippen molar-refractivity contribution in [3.8, 4) is 0 Å². The second kappa shape index (κ2) is 4.76. The van der Waals surface area contributed by atoms with Crippen molar-refractivity contribution in [3.63, 3.8) is 0 Å². The summed E-state index contributed by atoms with van der Waals surface area (Å²) in [5.74, 6) is 1.26. The molecular weight excluding hydrogens is 262 g/mol. The molecule has 0 spiro atoms. The van der Waals surface area contributed by atoms with Crippen LogP contribution < -0.4 is 0 Å². The van der Waals surface area contributed by atoms with E-state index in [-0.39, 0.29) is 5.60 Å². The monoisotopic (exact) mass is 279 g/mol. The van der Waals surface area contributed by atoms with Crippen LogP contribution in [0.4, 0.5) is 0 Å². The predicted molar refractivity (Wildman–Crippen MR) is 75.4 cm³/mol. The van der Waals surface area contributed by atoms with E-state index in [0.29, 0.717) is 5.88 Å². The first-order chi connectivity index (χ1) is 9.11. The Balaban J connectivity index is 2.05. The molecule has 2 aromatic heterocycles. The van der Waals surface area contributed by atoms with Gasteiger partial charge in [0.25, 0.3) is 0 Å². The molecule has 1 fully saturated rings. The maximum absolute atomic E-state index is 6.02. The van der Waals surface area contributed by atoms with Gasteiger partial charge in [-0.2, -0.15) is 0 Å². The fourth-order valence-electron chi connectivity index (χ4n) is 2.72. The lowest BCUT2D eigenvalue weighted by Crippen LogP contribution is -2.30. The quantitative estimate of drug-likeness (QED) is 0.811. The fourth-order valence-corrected chi connectivity index (χ4v) is 2.93. The van der Waals surface area contributed by atoms with Crippen LogP contribution in [0.1, 0.15) is 31.2 Å². The third-order valence-corrected chi connectivity index (χ3v) is 3.95. The van der Waals surface area contributed by atoms with Gasteiger partial charge in [-0.3, -0.25) is 0 Å². The minimum atomic E-state index is -0.124. The van der Waals surface area contributed by atoms with Gasteiger partial charge in [0.15, 0.2) is 5.65 Å². The molecule has 19 heavy (non-hydrogen) atoms. The lowest BCUT2D eigenvalue weighted by Gasteiger charge is -2.24.